The summed E-state index contributed by atoms with van der Waals surface area (Å²) in [5.41, 5.74) is 2.07. The molecule has 3 rings (SSSR count). The van der Waals surface area contributed by atoms with E-state index in [1.165, 1.54) is 11.6 Å². The number of fused-ring (bicyclic) bond motifs is 1. The van der Waals surface area contributed by atoms with Crippen LogP contribution in [-0.4, -0.2) is 18.1 Å². The largest absolute Gasteiger partial charge is 0.493 e. The monoisotopic (exact) mass is 284 g/mol. The number of nitro groups is 1. The van der Waals surface area contributed by atoms with Gasteiger partial charge in [-0.25, -0.2) is 0 Å². The molecule has 1 atom stereocenters. The Morgan fingerprint density at radius 1 is 1.19 bits per heavy atom. The first-order chi connectivity index (χ1) is 10.3. The maximum atomic E-state index is 11.0. The maximum absolute atomic E-state index is 11.0. The molecule has 1 aliphatic heterocycles. The van der Waals surface area contributed by atoms with Gasteiger partial charge in [-0.05, 0) is 6.07 Å². The van der Waals surface area contributed by atoms with E-state index >= 15 is 0 Å². The van der Waals surface area contributed by atoms with Crippen molar-refractivity contribution in [2.75, 3.05) is 13.2 Å². The van der Waals surface area contributed by atoms with Gasteiger partial charge in [0.05, 0.1) is 11.5 Å². The summed E-state index contributed by atoms with van der Waals surface area (Å²) in [6.07, 6.45) is 0. The molecule has 0 saturated carbocycles. The molecule has 108 valence electrons. The Morgan fingerprint density at radius 3 is 2.81 bits per heavy atom. The summed E-state index contributed by atoms with van der Waals surface area (Å²) in [5.74, 6) is 1.24. The van der Waals surface area contributed by atoms with Crippen LogP contribution in [0.2, 0.25) is 0 Å². The standard InChI is InChI=1S/C16H16N2O3/c19-18(20)15-7-3-1-5-12(15)9-17-10-13-11-21-16-8-4-2-6-14(13)16/h1-8,13,17H,9-11H2. The number of ether oxygens (including phenoxy) is 1. The fourth-order valence-electron chi connectivity index (χ4n) is 2.62. The molecule has 0 saturated heterocycles. The summed E-state index contributed by atoms with van der Waals surface area (Å²) < 4.78 is 5.63. The van der Waals surface area contributed by atoms with E-state index in [2.05, 4.69) is 11.4 Å². The van der Waals surface area contributed by atoms with Crippen molar-refractivity contribution in [1.29, 1.82) is 0 Å². The Kier molecular flexibility index (Phi) is 3.83. The molecule has 0 bridgehead atoms. The Hall–Kier alpha value is -2.40. The molecule has 0 aromatic heterocycles. The number of hydrogen-bond donors (Lipinski definition) is 1. The number of nitro benzene ring substituents is 1. The molecule has 1 heterocycles. The van der Waals surface area contributed by atoms with E-state index < -0.39 is 0 Å². The number of para-hydroxylation sites is 2. The Balaban J connectivity index is 1.62. The molecule has 0 amide bonds. The minimum atomic E-state index is -0.342. The number of nitrogens with zero attached hydrogens (tertiary/aromatic N) is 1. The highest BCUT2D eigenvalue weighted by Crippen LogP contribution is 2.32. The van der Waals surface area contributed by atoms with Crippen LogP contribution in [0.4, 0.5) is 5.69 Å². The summed E-state index contributed by atoms with van der Waals surface area (Å²) in [5, 5.41) is 14.3. The minimum absolute atomic E-state index is 0.160. The summed E-state index contributed by atoms with van der Waals surface area (Å²) in [6.45, 7) is 1.88. The quantitative estimate of drug-likeness (QED) is 0.677. The molecule has 0 spiro atoms. The molecule has 5 nitrogen and oxygen atoms in total. The molecule has 0 aliphatic carbocycles. The Bertz CT molecular complexity index is 657. The molecular weight excluding hydrogens is 268 g/mol. The van der Waals surface area contributed by atoms with E-state index in [-0.39, 0.29) is 10.6 Å². The van der Waals surface area contributed by atoms with Gasteiger partial charge in [0, 0.05) is 36.2 Å². The SMILES string of the molecule is O=[N+]([O-])c1ccccc1CNCC1COc2ccccc21. The van der Waals surface area contributed by atoms with Crippen molar-refractivity contribution in [2.24, 2.45) is 0 Å². The van der Waals surface area contributed by atoms with Crippen molar-refractivity contribution >= 4 is 5.69 Å². The van der Waals surface area contributed by atoms with Gasteiger partial charge in [0.2, 0.25) is 0 Å². The van der Waals surface area contributed by atoms with Crippen LogP contribution in [-0.2, 0) is 6.54 Å². The van der Waals surface area contributed by atoms with E-state index in [0.717, 1.165) is 12.3 Å². The predicted molar refractivity (Wildman–Crippen MR) is 79.5 cm³/mol. The number of hydrogen-bond acceptors (Lipinski definition) is 4. The van der Waals surface area contributed by atoms with Crippen LogP contribution >= 0.6 is 0 Å². The van der Waals surface area contributed by atoms with Crippen LogP contribution in [0.25, 0.3) is 0 Å². The summed E-state index contributed by atoms with van der Waals surface area (Å²) in [6, 6.07) is 14.8. The highest BCUT2D eigenvalue weighted by atomic mass is 16.6. The van der Waals surface area contributed by atoms with E-state index in [9.17, 15) is 10.1 Å². The van der Waals surface area contributed by atoms with E-state index in [4.69, 9.17) is 4.74 Å². The van der Waals surface area contributed by atoms with Gasteiger partial charge in [-0.1, -0.05) is 36.4 Å². The van der Waals surface area contributed by atoms with Crippen molar-refractivity contribution in [3.8, 4) is 5.75 Å². The molecular formula is C16H16N2O3. The fraction of sp³-hybridized carbons (Fsp3) is 0.250. The average Bonchev–Trinajstić information content (AvgIpc) is 2.91. The zero-order valence-corrected chi connectivity index (χ0v) is 11.5. The summed E-state index contributed by atoms with van der Waals surface area (Å²) >= 11 is 0. The number of nitrogens with one attached hydrogen (secondary N) is 1. The van der Waals surface area contributed by atoms with Crippen molar-refractivity contribution < 1.29 is 9.66 Å². The van der Waals surface area contributed by atoms with Crippen LogP contribution < -0.4 is 10.1 Å². The van der Waals surface area contributed by atoms with Crippen LogP contribution in [0, 0.1) is 10.1 Å². The first kappa shape index (κ1) is 13.6. The van der Waals surface area contributed by atoms with Crippen molar-refractivity contribution in [1.82, 2.24) is 5.32 Å². The van der Waals surface area contributed by atoms with Gasteiger partial charge < -0.3 is 10.1 Å². The lowest BCUT2D eigenvalue weighted by atomic mass is 10.0. The minimum Gasteiger partial charge on any atom is -0.493 e. The summed E-state index contributed by atoms with van der Waals surface area (Å²) in [4.78, 5) is 10.6. The van der Waals surface area contributed by atoms with Crippen molar-refractivity contribution in [3.05, 3.63) is 69.8 Å². The normalized spacial score (nSPS) is 16.3. The van der Waals surface area contributed by atoms with Crippen molar-refractivity contribution in [3.63, 3.8) is 0 Å². The van der Waals surface area contributed by atoms with Gasteiger partial charge in [-0.2, -0.15) is 0 Å². The lowest BCUT2D eigenvalue weighted by Crippen LogP contribution is -2.22. The third-order valence-electron chi connectivity index (χ3n) is 3.69. The van der Waals surface area contributed by atoms with Gasteiger partial charge in [0.15, 0.2) is 0 Å². The Morgan fingerprint density at radius 2 is 1.95 bits per heavy atom. The third kappa shape index (κ3) is 2.87. The van der Waals surface area contributed by atoms with Gasteiger partial charge in [0.1, 0.15) is 5.75 Å². The predicted octanol–water partition coefficient (Wildman–Crippen LogP) is 2.86. The molecule has 0 fully saturated rings. The van der Waals surface area contributed by atoms with Gasteiger partial charge >= 0.3 is 0 Å². The second-order valence-electron chi connectivity index (χ2n) is 5.06. The second-order valence-corrected chi connectivity index (χ2v) is 5.06. The van der Waals surface area contributed by atoms with Crippen LogP contribution in [0.1, 0.15) is 17.0 Å². The number of rotatable bonds is 5. The van der Waals surface area contributed by atoms with Crippen LogP contribution in [0.5, 0.6) is 5.75 Å². The lowest BCUT2D eigenvalue weighted by Gasteiger charge is -2.10. The molecule has 0 radical (unpaired) electrons. The smallest absolute Gasteiger partial charge is 0.273 e. The van der Waals surface area contributed by atoms with Gasteiger partial charge in [-0.3, -0.25) is 10.1 Å². The summed E-state index contributed by atoms with van der Waals surface area (Å²) in [7, 11) is 0. The molecule has 1 N–H and O–H groups in total. The van der Waals surface area contributed by atoms with E-state index in [1.807, 2.05) is 24.3 Å². The first-order valence-corrected chi connectivity index (χ1v) is 6.90. The van der Waals surface area contributed by atoms with E-state index in [1.54, 1.807) is 12.1 Å². The molecule has 1 aliphatic rings. The molecule has 1 unspecified atom stereocenters. The fourth-order valence-corrected chi connectivity index (χ4v) is 2.62. The van der Waals surface area contributed by atoms with E-state index in [0.29, 0.717) is 24.6 Å². The number of benzene rings is 2. The maximum Gasteiger partial charge on any atom is 0.273 e. The van der Waals surface area contributed by atoms with Gasteiger partial charge in [-0.15, -0.1) is 0 Å². The lowest BCUT2D eigenvalue weighted by molar-refractivity contribution is -0.385. The second kappa shape index (κ2) is 5.93. The molecule has 2 aromatic carbocycles. The topological polar surface area (TPSA) is 64.4 Å². The Labute approximate surface area is 122 Å². The molecule has 5 heteroatoms. The highest BCUT2D eigenvalue weighted by Gasteiger charge is 2.23. The first-order valence-electron chi connectivity index (χ1n) is 6.90. The zero-order valence-electron chi connectivity index (χ0n) is 11.5. The zero-order chi connectivity index (χ0) is 14.7. The van der Waals surface area contributed by atoms with Crippen molar-refractivity contribution in [2.45, 2.75) is 12.5 Å². The van der Waals surface area contributed by atoms with Gasteiger partial charge in [0.25, 0.3) is 5.69 Å². The molecule has 2 aromatic rings. The molecule has 21 heavy (non-hydrogen) atoms. The third-order valence-corrected chi connectivity index (χ3v) is 3.69. The highest BCUT2D eigenvalue weighted by molar-refractivity contribution is 5.41. The average molecular weight is 284 g/mol. The van der Waals surface area contributed by atoms with Crippen LogP contribution in [0.3, 0.4) is 0 Å². The van der Waals surface area contributed by atoms with Crippen LogP contribution in [0.15, 0.2) is 48.5 Å².